The second-order valence-corrected chi connectivity index (χ2v) is 4.02. The third-order valence-electron chi connectivity index (χ3n) is 2.00. The van der Waals surface area contributed by atoms with Crippen molar-refractivity contribution in [2.75, 3.05) is 6.54 Å². The number of hydrogen-bond acceptors (Lipinski definition) is 2. The Labute approximate surface area is 85.8 Å². The van der Waals surface area contributed by atoms with Crippen LogP contribution in [0.1, 0.15) is 13.8 Å². The molecular weight excluding hydrogens is 215 g/mol. The van der Waals surface area contributed by atoms with Gasteiger partial charge in [-0.15, -0.1) is 0 Å². The quantitative estimate of drug-likeness (QED) is 0.691. The number of ether oxygens (including phenoxy) is 1. The molecule has 2 atom stereocenters. The first-order valence-electron chi connectivity index (χ1n) is 4.32. The van der Waals surface area contributed by atoms with Crippen LogP contribution in [0.5, 0.6) is 0 Å². The Morgan fingerprint density at radius 1 is 1.50 bits per heavy atom. The van der Waals surface area contributed by atoms with Gasteiger partial charge in [-0.25, -0.2) is 0 Å². The van der Waals surface area contributed by atoms with E-state index in [1.807, 2.05) is 0 Å². The monoisotopic (exact) mass is 227 g/mol. The molecule has 14 heavy (non-hydrogen) atoms. The summed E-state index contributed by atoms with van der Waals surface area (Å²) in [5.74, 6) is -0.0554. The normalized spacial score (nSPS) is 29.1. The summed E-state index contributed by atoms with van der Waals surface area (Å²) in [6.45, 7) is 3.26. The maximum atomic E-state index is 12.3. The van der Waals surface area contributed by atoms with E-state index >= 15 is 0 Å². The van der Waals surface area contributed by atoms with Gasteiger partial charge in [0.25, 0.3) is 0 Å². The highest BCUT2D eigenvalue weighted by molar-refractivity contribution is 7.80. The van der Waals surface area contributed by atoms with Gasteiger partial charge in [0.15, 0.2) is 6.10 Å². The predicted octanol–water partition coefficient (Wildman–Crippen LogP) is 1.89. The van der Waals surface area contributed by atoms with Gasteiger partial charge in [0.1, 0.15) is 11.1 Å². The lowest BCUT2D eigenvalue weighted by atomic mass is 10.1. The van der Waals surface area contributed by atoms with E-state index in [2.05, 4.69) is 5.32 Å². The van der Waals surface area contributed by atoms with Crippen LogP contribution in [0.2, 0.25) is 0 Å². The van der Waals surface area contributed by atoms with Crippen LogP contribution in [-0.4, -0.2) is 29.9 Å². The molecule has 0 radical (unpaired) electrons. The number of morpholine rings is 1. The lowest BCUT2D eigenvalue weighted by Crippen LogP contribution is -2.55. The van der Waals surface area contributed by atoms with Crippen LogP contribution in [-0.2, 0) is 4.74 Å². The number of halogens is 3. The minimum atomic E-state index is -4.32. The van der Waals surface area contributed by atoms with Crippen molar-refractivity contribution in [2.24, 2.45) is 5.92 Å². The Hall–Kier alpha value is -0.360. The van der Waals surface area contributed by atoms with Gasteiger partial charge in [0.05, 0.1) is 6.54 Å². The summed E-state index contributed by atoms with van der Waals surface area (Å²) in [5.41, 5.74) is 0. The van der Waals surface area contributed by atoms with Crippen molar-refractivity contribution in [3.8, 4) is 0 Å². The summed E-state index contributed by atoms with van der Waals surface area (Å²) in [6, 6.07) is 0. The van der Waals surface area contributed by atoms with Crippen molar-refractivity contribution in [1.29, 1.82) is 0 Å². The van der Waals surface area contributed by atoms with E-state index in [0.29, 0.717) is 4.99 Å². The maximum Gasteiger partial charge on any atom is 0.416 e. The molecule has 0 unspecified atom stereocenters. The Morgan fingerprint density at radius 3 is 2.50 bits per heavy atom. The summed E-state index contributed by atoms with van der Waals surface area (Å²) in [6.07, 6.45) is -6.71. The van der Waals surface area contributed by atoms with Crippen molar-refractivity contribution in [3.63, 3.8) is 0 Å². The molecule has 1 saturated heterocycles. The first kappa shape index (κ1) is 11.7. The van der Waals surface area contributed by atoms with Crippen molar-refractivity contribution in [3.05, 3.63) is 0 Å². The van der Waals surface area contributed by atoms with Crippen LogP contribution in [0.25, 0.3) is 0 Å². The Kier molecular flexibility index (Phi) is 3.36. The minimum absolute atomic E-state index is 0.0554. The van der Waals surface area contributed by atoms with E-state index in [0.717, 1.165) is 0 Å². The van der Waals surface area contributed by atoms with E-state index in [1.165, 1.54) is 0 Å². The zero-order chi connectivity index (χ0) is 10.9. The van der Waals surface area contributed by atoms with Crippen LogP contribution in [0.15, 0.2) is 0 Å². The fourth-order valence-electron chi connectivity index (χ4n) is 1.23. The summed E-state index contributed by atoms with van der Waals surface area (Å²) < 4.78 is 41.8. The van der Waals surface area contributed by atoms with Crippen LogP contribution < -0.4 is 5.32 Å². The van der Waals surface area contributed by atoms with Gasteiger partial charge in [-0.3, -0.25) is 0 Å². The topological polar surface area (TPSA) is 21.3 Å². The Bertz CT molecular complexity index is 229. The van der Waals surface area contributed by atoms with Gasteiger partial charge in [-0.05, 0) is 5.92 Å². The smallest absolute Gasteiger partial charge is 0.375 e. The van der Waals surface area contributed by atoms with Crippen molar-refractivity contribution < 1.29 is 17.9 Å². The van der Waals surface area contributed by atoms with Crippen molar-refractivity contribution in [1.82, 2.24) is 5.32 Å². The van der Waals surface area contributed by atoms with Gasteiger partial charge >= 0.3 is 6.18 Å². The molecule has 1 heterocycles. The van der Waals surface area contributed by atoms with E-state index in [4.69, 9.17) is 17.0 Å². The third-order valence-corrected chi connectivity index (χ3v) is 2.38. The largest absolute Gasteiger partial charge is 0.416 e. The number of hydrogen-bond donors (Lipinski definition) is 1. The molecule has 0 bridgehead atoms. The summed E-state index contributed by atoms with van der Waals surface area (Å²) in [5, 5.41) is 2.56. The zero-order valence-corrected chi connectivity index (χ0v) is 8.71. The van der Waals surface area contributed by atoms with E-state index in [-0.39, 0.29) is 12.5 Å². The van der Waals surface area contributed by atoms with Gasteiger partial charge in [-0.1, -0.05) is 26.1 Å². The number of thiocarbonyl (C=S) groups is 1. The molecule has 0 spiro atoms. The standard InChI is InChI=1S/C8H12F3NOS/c1-4(2)6-7(14)12-3-5(13-6)8(9,10)11/h4-6H,3H2,1-2H3,(H,12,14)/t5-,6-/m1/s1. The van der Waals surface area contributed by atoms with Crippen LogP contribution in [0.3, 0.4) is 0 Å². The molecule has 0 aliphatic carbocycles. The summed E-state index contributed by atoms with van der Waals surface area (Å²) in [4.78, 5) is 0.362. The highest BCUT2D eigenvalue weighted by atomic mass is 32.1. The predicted molar refractivity (Wildman–Crippen MR) is 50.2 cm³/mol. The first-order chi connectivity index (χ1) is 6.32. The molecule has 1 N–H and O–H groups in total. The molecule has 0 aromatic rings. The Morgan fingerprint density at radius 2 is 2.07 bits per heavy atom. The molecule has 82 valence electrons. The van der Waals surface area contributed by atoms with Crippen molar-refractivity contribution in [2.45, 2.75) is 32.2 Å². The van der Waals surface area contributed by atoms with E-state index < -0.39 is 18.4 Å². The molecule has 1 aliphatic rings. The molecule has 1 rings (SSSR count). The number of nitrogens with one attached hydrogen (secondary N) is 1. The second kappa shape index (κ2) is 4.02. The summed E-state index contributed by atoms with van der Waals surface area (Å²) >= 11 is 4.88. The minimum Gasteiger partial charge on any atom is -0.375 e. The fourth-order valence-corrected chi connectivity index (χ4v) is 1.64. The van der Waals surface area contributed by atoms with E-state index in [9.17, 15) is 13.2 Å². The molecular formula is C8H12F3NOS. The lowest BCUT2D eigenvalue weighted by Gasteiger charge is -2.34. The maximum absolute atomic E-state index is 12.3. The van der Waals surface area contributed by atoms with Gasteiger partial charge in [0, 0.05) is 0 Å². The summed E-state index contributed by atoms with van der Waals surface area (Å²) in [7, 11) is 0. The third kappa shape index (κ3) is 2.57. The molecule has 0 aromatic heterocycles. The Balaban J connectivity index is 2.67. The molecule has 1 aliphatic heterocycles. The average molecular weight is 227 g/mol. The van der Waals surface area contributed by atoms with Crippen LogP contribution in [0.4, 0.5) is 13.2 Å². The van der Waals surface area contributed by atoms with Gasteiger partial charge in [0.2, 0.25) is 0 Å². The van der Waals surface area contributed by atoms with Gasteiger partial charge in [-0.2, -0.15) is 13.2 Å². The molecule has 6 heteroatoms. The fraction of sp³-hybridized carbons (Fsp3) is 0.875. The lowest BCUT2D eigenvalue weighted by molar-refractivity contribution is -0.231. The molecule has 1 fully saturated rings. The molecule has 0 amide bonds. The highest BCUT2D eigenvalue weighted by Gasteiger charge is 2.45. The number of rotatable bonds is 1. The van der Waals surface area contributed by atoms with Crippen LogP contribution in [0, 0.1) is 5.92 Å². The SMILES string of the molecule is CC(C)[C@H]1O[C@@H](C(F)(F)F)CNC1=S. The second-order valence-electron chi connectivity index (χ2n) is 3.58. The van der Waals surface area contributed by atoms with E-state index in [1.54, 1.807) is 13.8 Å². The molecule has 2 nitrogen and oxygen atoms in total. The van der Waals surface area contributed by atoms with Crippen molar-refractivity contribution >= 4 is 17.2 Å². The average Bonchev–Trinajstić information content (AvgIpc) is 2.02. The van der Waals surface area contributed by atoms with Crippen LogP contribution >= 0.6 is 12.2 Å². The first-order valence-corrected chi connectivity index (χ1v) is 4.73. The molecule has 0 saturated carbocycles. The zero-order valence-electron chi connectivity index (χ0n) is 7.89. The number of alkyl halides is 3. The highest BCUT2D eigenvalue weighted by Crippen LogP contribution is 2.27. The van der Waals surface area contributed by atoms with Gasteiger partial charge < -0.3 is 10.1 Å². The molecule has 0 aromatic carbocycles.